The summed E-state index contributed by atoms with van der Waals surface area (Å²) in [7, 11) is 0. The number of hydrogen-bond donors (Lipinski definition) is 2. The summed E-state index contributed by atoms with van der Waals surface area (Å²) in [5.74, 6) is 0.714. The van der Waals surface area contributed by atoms with Crippen LogP contribution in [-0.2, 0) is 11.2 Å². The number of halogens is 2. The van der Waals surface area contributed by atoms with Crippen LogP contribution in [0.3, 0.4) is 0 Å². The normalized spacial score (nSPS) is 12.6. The summed E-state index contributed by atoms with van der Waals surface area (Å²) in [6, 6.07) is 7.72. The Morgan fingerprint density at radius 2 is 1.90 bits per heavy atom. The Labute approximate surface area is 124 Å². The molecule has 120 valence electrons. The number of aliphatic hydroxyl groups is 1. The van der Waals surface area contributed by atoms with Gasteiger partial charge in [-0.3, -0.25) is 0 Å². The topological polar surface area (TPSA) is 50.7 Å². The van der Waals surface area contributed by atoms with E-state index < -0.39 is 19.1 Å². The van der Waals surface area contributed by atoms with E-state index in [1.54, 1.807) is 0 Å². The van der Waals surface area contributed by atoms with Crippen molar-refractivity contribution in [2.75, 3.05) is 32.9 Å². The molecule has 1 atom stereocenters. The fourth-order valence-corrected chi connectivity index (χ4v) is 1.66. The molecule has 0 aliphatic rings. The highest BCUT2D eigenvalue weighted by molar-refractivity contribution is 5.27. The summed E-state index contributed by atoms with van der Waals surface area (Å²) in [6.07, 6.45) is -2.13. The highest BCUT2D eigenvalue weighted by Gasteiger charge is 2.05. The smallest absolute Gasteiger partial charge is 0.261 e. The predicted molar refractivity (Wildman–Crippen MR) is 77.0 cm³/mol. The van der Waals surface area contributed by atoms with Crippen molar-refractivity contribution in [2.45, 2.75) is 25.9 Å². The van der Waals surface area contributed by atoms with Crippen molar-refractivity contribution in [3.05, 3.63) is 29.8 Å². The van der Waals surface area contributed by atoms with Crippen molar-refractivity contribution in [1.82, 2.24) is 5.32 Å². The first-order valence-electron chi connectivity index (χ1n) is 7.08. The summed E-state index contributed by atoms with van der Waals surface area (Å²) in [5.41, 5.74) is 1.23. The van der Waals surface area contributed by atoms with E-state index in [0.29, 0.717) is 18.8 Å². The second-order valence-electron chi connectivity index (χ2n) is 4.63. The van der Waals surface area contributed by atoms with Crippen molar-refractivity contribution >= 4 is 0 Å². The number of aryl methyl sites for hydroxylation is 1. The maximum atomic E-state index is 11.8. The van der Waals surface area contributed by atoms with Crippen LogP contribution in [0.25, 0.3) is 0 Å². The zero-order valence-corrected chi connectivity index (χ0v) is 12.2. The monoisotopic (exact) mass is 303 g/mol. The summed E-state index contributed by atoms with van der Waals surface area (Å²) >= 11 is 0. The van der Waals surface area contributed by atoms with Gasteiger partial charge in [-0.15, -0.1) is 0 Å². The Balaban J connectivity index is 2.06. The van der Waals surface area contributed by atoms with Crippen molar-refractivity contribution < 1.29 is 23.4 Å². The molecular formula is C15H23F2NO3. The molecule has 0 bridgehead atoms. The first-order valence-corrected chi connectivity index (χ1v) is 7.08. The molecule has 0 aromatic heterocycles. The summed E-state index contributed by atoms with van der Waals surface area (Å²) in [6.45, 7) is 2.63. The lowest BCUT2D eigenvalue weighted by atomic mass is 10.2. The van der Waals surface area contributed by atoms with Gasteiger partial charge in [-0.1, -0.05) is 19.1 Å². The van der Waals surface area contributed by atoms with Crippen molar-refractivity contribution in [1.29, 1.82) is 0 Å². The molecule has 0 aliphatic heterocycles. The number of alkyl halides is 2. The Morgan fingerprint density at radius 3 is 2.52 bits per heavy atom. The summed E-state index contributed by atoms with van der Waals surface area (Å²) in [4.78, 5) is 0. The van der Waals surface area contributed by atoms with Crippen LogP contribution in [0.2, 0.25) is 0 Å². The zero-order valence-electron chi connectivity index (χ0n) is 12.2. The summed E-state index contributed by atoms with van der Waals surface area (Å²) in [5, 5.41) is 12.6. The molecule has 1 aromatic carbocycles. The minimum absolute atomic E-state index is 0.177. The van der Waals surface area contributed by atoms with Gasteiger partial charge in [-0.25, -0.2) is 8.78 Å². The van der Waals surface area contributed by atoms with Crippen LogP contribution >= 0.6 is 0 Å². The molecule has 0 aliphatic carbocycles. The molecule has 4 nitrogen and oxygen atoms in total. The number of nitrogens with one attached hydrogen (secondary N) is 1. The van der Waals surface area contributed by atoms with Crippen LogP contribution in [0.4, 0.5) is 8.78 Å². The summed E-state index contributed by atoms with van der Waals surface area (Å²) < 4.78 is 33.7. The maximum absolute atomic E-state index is 11.8. The van der Waals surface area contributed by atoms with Crippen molar-refractivity contribution in [2.24, 2.45) is 0 Å². The molecule has 1 rings (SSSR count). The van der Waals surface area contributed by atoms with Gasteiger partial charge < -0.3 is 19.9 Å². The van der Waals surface area contributed by atoms with Gasteiger partial charge in [0.1, 0.15) is 25.1 Å². The SMILES string of the molecule is CCc1ccc(OCC(O)CNCCOCC(F)F)cc1. The average Bonchev–Trinajstić information content (AvgIpc) is 2.49. The van der Waals surface area contributed by atoms with Gasteiger partial charge in [0, 0.05) is 13.1 Å². The highest BCUT2D eigenvalue weighted by atomic mass is 19.3. The van der Waals surface area contributed by atoms with E-state index in [1.807, 2.05) is 24.3 Å². The van der Waals surface area contributed by atoms with Crippen molar-refractivity contribution in [3.63, 3.8) is 0 Å². The Hall–Kier alpha value is -1.24. The lowest BCUT2D eigenvalue weighted by Gasteiger charge is -2.13. The molecule has 6 heteroatoms. The number of ether oxygens (including phenoxy) is 2. The van der Waals surface area contributed by atoms with Crippen LogP contribution < -0.4 is 10.1 Å². The van der Waals surface area contributed by atoms with Gasteiger partial charge in [-0.05, 0) is 24.1 Å². The van der Waals surface area contributed by atoms with Gasteiger partial charge in [-0.2, -0.15) is 0 Å². The van der Waals surface area contributed by atoms with Gasteiger partial charge in [0.05, 0.1) is 6.61 Å². The molecule has 0 radical (unpaired) electrons. The minimum Gasteiger partial charge on any atom is -0.491 e. The molecule has 0 fully saturated rings. The second kappa shape index (κ2) is 10.5. The standard InChI is InChI=1S/C15H23F2NO3/c1-2-12-3-5-14(6-4-12)21-10-13(19)9-18-7-8-20-11-15(16)17/h3-6,13,15,18-19H,2,7-11H2,1H3. The highest BCUT2D eigenvalue weighted by Crippen LogP contribution is 2.12. The van der Waals surface area contributed by atoms with E-state index in [-0.39, 0.29) is 13.2 Å². The Kier molecular flexibility index (Phi) is 8.89. The van der Waals surface area contributed by atoms with Crippen LogP contribution in [-0.4, -0.2) is 50.5 Å². The van der Waals surface area contributed by atoms with Crippen LogP contribution in [0.15, 0.2) is 24.3 Å². The Bertz CT molecular complexity index is 374. The van der Waals surface area contributed by atoms with Gasteiger partial charge in [0.15, 0.2) is 0 Å². The van der Waals surface area contributed by atoms with Gasteiger partial charge in [0.25, 0.3) is 6.43 Å². The average molecular weight is 303 g/mol. The number of rotatable bonds is 11. The maximum Gasteiger partial charge on any atom is 0.261 e. The van der Waals surface area contributed by atoms with Crippen LogP contribution in [0.5, 0.6) is 5.75 Å². The fourth-order valence-electron chi connectivity index (χ4n) is 1.66. The number of aliphatic hydroxyl groups excluding tert-OH is 1. The van der Waals surface area contributed by atoms with Crippen LogP contribution in [0, 0.1) is 0 Å². The first-order chi connectivity index (χ1) is 10.1. The third-order valence-corrected chi connectivity index (χ3v) is 2.82. The van der Waals surface area contributed by atoms with E-state index >= 15 is 0 Å². The van der Waals surface area contributed by atoms with E-state index in [4.69, 9.17) is 9.47 Å². The fraction of sp³-hybridized carbons (Fsp3) is 0.600. The molecule has 2 N–H and O–H groups in total. The van der Waals surface area contributed by atoms with E-state index in [0.717, 1.165) is 6.42 Å². The molecule has 21 heavy (non-hydrogen) atoms. The van der Waals surface area contributed by atoms with E-state index in [9.17, 15) is 13.9 Å². The number of benzene rings is 1. The molecule has 0 heterocycles. The Morgan fingerprint density at radius 1 is 1.19 bits per heavy atom. The number of hydrogen-bond acceptors (Lipinski definition) is 4. The second-order valence-corrected chi connectivity index (χ2v) is 4.63. The molecule has 0 amide bonds. The van der Waals surface area contributed by atoms with Gasteiger partial charge >= 0.3 is 0 Å². The van der Waals surface area contributed by atoms with E-state index in [1.165, 1.54) is 5.56 Å². The molecule has 1 aromatic rings. The molecule has 0 saturated heterocycles. The first kappa shape index (κ1) is 17.8. The van der Waals surface area contributed by atoms with Crippen molar-refractivity contribution in [3.8, 4) is 5.75 Å². The quantitative estimate of drug-likeness (QED) is 0.613. The lowest BCUT2D eigenvalue weighted by Crippen LogP contribution is -2.33. The molecule has 1 unspecified atom stereocenters. The molecular weight excluding hydrogens is 280 g/mol. The van der Waals surface area contributed by atoms with Crippen LogP contribution in [0.1, 0.15) is 12.5 Å². The molecule has 0 spiro atoms. The predicted octanol–water partition coefficient (Wildman–Crippen LogP) is 1.86. The van der Waals surface area contributed by atoms with E-state index in [2.05, 4.69) is 12.2 Å². The third-order valence-electron chi connectivity index (χ3n) is 2.82. The third kappa shape index (κ3) is 8.60. The molecule has 0 saturated carbocycles. The van der Waals surface area contributed by atoms with Gasteiger partial charge in [0.2, 0.25) is 0 Å². The zero-order chi connectivity index (χ0) is 15.5. The largest absolute Gasteiger partial charge is 0.491 e. The lowest BCUT2D eigenvalue weighted by molar-refractivity contribution is 0.0177. The minimum atomic E-state index is -2.44.